The molecule has 4 heteroatoms. The van der Waals surface area contributed by atoms with Gasteiger partial charge >= 0.3 is 0 Å². The first-order valence-corrected chi connectivity index (χ1v) is 5.51. The molecule has 0 aliphatic carbocycles. The highest BCUT2D eigenvalue weighted by Crippen LogP contribution is 2.21. The number of aromatic nitrogens is 2. The number of hydrogen-bond donors (Lipinski definition) is 1. The molecule has 2 heterocycles. The van der Waals surface area contributed by atoms with E-state index >= 15 is 0 Å². The monoisotopic (exact) mass is 239 g/mol. The maximum Gasteiger partial charge on any atom is 0.162 e. The Morgan fingerprint density at radius 2 is 1.78 bits per heavy atom. The summed E-state index contributed by atoms with van der Waals surface area (Å²) in [5, 5.41) is 0.907. The maximum absolute atomic E-state index is 13.2. The summed E-state index contributed by atoms with van der Waals surface area (Å²) in [6, 6.07) is 13.6. The van der Waals surface area contributed by atoms with Crippen molar-refractivity contribution in [1.82, 2.24) is 9.97 Å². The van der Waals surface area contributed by atoms with E-state index in [1.165, 1.54) is 12.1 Å². The van der Waals surface area contributed by atoms with Crippen molar-refractivity contribution in [2.24, 2.45) is 0 Å². The van der Waals surface area contributed by atoms with E-state index in [9.17, 15) is 4.39 Å². The molecule has 3 rings (SSSR count). The van der Waals surface area contributed by atoms with Gasteiger partial charge in [-0.3, -0.25) is 0 Å². The number of hydrogen-bond acceptors (Lipinski definition) is 3. The summed E-state index contributed by atoms with van der Waals surface area (Å²) in [4.78, 5) is 8.55. The van der Waals surface area contributed by atoms with E-state index in [0.29, 0.717) is 17.2 Å². The Bertz CT molecular complexity index is 725. The molecule has 0 bridgehead atoms. The van der Waals surface area contributed by atoms with Gasteiger partial charge in [-0.05, 0) is 36.4 Å². The molecule has 2 N–H and O–H groups in total. The number of halogens is 1. The zero-order chi connectivity index (χ0) is 12.5. The van der Waals surface area contributed by atoms with Crippen molar-refractivity contribution in [2.45, 2.75) is 0 Å². The minimum atomic E-state index is -0.282. The van der Waals surface area contributed by atoms with Crippen LogP contribution >= 0.6 is 0 Å². The van der Waals surface area contributed by atoms with Gasteiger partial charge in [0.2, 0.25) is 0 Å². The summed E-state index contributed by atoms with van der Waals surface area (Å²) >= 11 is 0. The van der Waals surface area contributed by atoms with Gasteiger partial charge in [0.15, 0.2) is 5.65 Å². The Kier molecular flexibility index (Phi) is 2.41. The van der Waals surface area contributed by atoms with Crippen LogP contribution in [0, 0.1) is 5.82 Å². The van der Waals surface area contributed by atoms with Crippen LogP contribution in [0.5, 0.6) is 0 Å². The van der Waals surface area contributed by atoms with Crippen LogP contribution in [0.1, 0.15) is 0 Å². The smallest absolute Gasteiger partial charge is 0.162 e. The number of nitrogen functional groups attached to an aromatic ring is 1. The molecule has 0 spiro atoms. The van der Waals surface area contributed by atoms with Crippen LogP contribution in [0.2, 0.25) is 0 Å². The van der Waals surface area contributed by atoms with Gasteiger partial charge in [0.05, 0.1) is 5.69 Å². The van der Waals surface area contributed by atoms with Gasteiger partial charge in [0.25, 0.3) is 0 Å². The fourth-order valence-corrected chi connectivity index (χ4v) is 1.82. The second kappa shape index (κ2) is 4.07. The van der Waals surface area contributed by atoms with Crippen LogP contribution in [0.25, 0.3) is 22.3 Å². The fourth-order valence-electron chi connectivity index (χ4n) is 1.82. The third-order valence-electron chi connectivity index (χ3n) is 2.69. The molecule has 0 aliphatic rings. The average molecular weight is 239 g/mol. The van der Waals surface area contributed by atoms with Crippen molar-refractivity contribution in [2.75, 3.05) is 5.73 Å². The first kappa shape index (κ1) is 10.7. The van der Waals surface area contributed by atoms with E-state index in [2.05, 4.69) is 9.97 Å². The number of pyridine rings is 2. The first-order valence-electron chi connectivity index (χ1n) is 5.51. The molecule has 1 aromatic carbocycles. The number of nitrogens with two attached hydrogens (primary N) is 1. The Balaban J connectivity index is 2.18. The lowest BCUT2D eigenvalue weighted by atomic mass is 10.1. The maximum atomic E-state index is 13.2. The molecule has 0 radical (unpaired) electrons. The van der Waals surface area contributed by atoms with Gasteiger partial charge in [-0.15, -0.1) is 0 Å². The molecule has 0 fully saturated rings. The molecule has 3 nitrogen and oxygen atoms in total. The SMILES string of the molecule is Nc1ccc2ccc(-c3cccc(F)c3)nc2n1. The van der Waals surface area contributed by atoms with Gasteiger partial charge < -0.3 is 5.73 Å². The van der Waals surface area contributed by atoms with Gasteiger partial charge in [-0.25, -0.2) is 14.4 Å². The Labute approximate surface area is 103 Å². The number of anilines is 1. The average Bonchev–Trinajstić information content (AvgIpc) is 2.38. The third-order valence-corrected chi connectivity index (χ3v) is 2.69. The first-order chi connectivity index (χ1) is 8.72. The van der Waals surface area contributed by atoms with Gasteiger partial charge in [0.1, 0.15) is 11.6 Å². The highest BCUT2D eigenvalue weighted by molar-refractivity contribution is 5.79. The van der Waals surface area contributed by atoms with Crippen LogP contribution in [0.3, 0.4) is 0 Å². The van der Waals surface area contributed by atoms with Crippen LogP contribution < -0.4 is 5.73 Å². The summed E-state index contributed by atoms with van der Waals surface area (Å²) in [7, 11) is 0. The van der Waals surface area contributed by atoms with Crippen LogP contribution in [0.4, 0.5) is 10.2 Å². The number of nitrogens with zero attached hydrogens (tertiary/aromatic N) is 2. The molecule has 3 aromatic rings. The van der Waals surface area contributed by atoms with E-state index in [1.54, 1.807) is 12.1 Å². The number of benzene rings is 1. The zero-order valence-electron chi connectivity index (χ0n) is 9.47. The van der Waals surface area contributed by atoms with Crippen LogP contribution in [-0.4, -0.2) is 9.97 Å². The molecule has 88 valence electrons. The predicted molar refractivity (Wildman–Crippen MR) is 69.3 cm³/mol. The Morgan fingerprint density at radius 1 is 0.944 bits per heavy atom. The van der Waals surface area contributed by atoms with E-state index < -0.39 is 0 Å². The summed E-state index contributed by atoms with van der Waals surface area (Å²) in [5.74, 6) is 0.140. The standard InChI is InChI=1S/C14H10FN3/c15-11-3-1-2-10(8-11)12-6-4-9-5-7-13(16)18-14(9)17-12/h1-8H,(H2,16,17,18). The lowest BCUT2D eigenvalue weighted by Crippen LogP contribution is -1.93. The lowest BCUT2D eigenvalue weighted by molar-refractivity contribution is 0.628. The van der Waals surface area contributed by atoms with E-state index in [1.807, 2.05) is 24.3 Å². The van der Waals surface area contributed by atoms with Crippen molar-refractivity contribution in [3.63, 3.8) is 0 Å². The van der Waals surface area contributed by atoms with Crippen LogP contribution in [0.15, 0.2) is 48.5 Å². The zero-order valence-corrected chi connectivity index (χ0v) is 9.47. The summed E-state index contributed by atoms with van der Waals surface area (Å²) in [6.07, 6.45) is 0. The highest BCUT2D eigenvalue weighted by Gasteiger charge is 2.03. The molecular formula is C14H10FN3. The van der Waals surface area contributed by atoms with E-state index in [-0.39, 0.29) is 5.82 Å². The van der Waals surface area contributed by atoms with Gasteiger partial charge in [0, 0.05) is 10.9 Å². The second-order valence-electron chi connectivity index (χ2n) is 3.99. The Hall–Kier alpha value is -2.49. The normalized spacial score (nSPS) is 10.7. The van der Waals surface area contributed by atoms with Crippen molar-refractivity contribution < 1.29 is 4.39 Å². The fraction of sp³-hybridized carbons (Fsp3) is 0. The molecule has 0 saturated carbocycles. The highest BCUT2D eigenvalue weighted by atomic mass is 19.1. The summed E-state index contributed by atoms with van der Waals surface area (Å²) in [6.45, 7) is 0. The molecular weight excluding hydrogens is 229 g/mol. The second-order valence-corrected chi connectivity index (χ2v) is 3.99. The van der Waals surface area contributed by atoms with Crippen LogP contribution in [-0.2, 0) is 0 Å². The quantitative estimate of drug-likeness (QED) is 0.710. The minimum absolute atomic E-state index is 0.282. The molecule has 0 aliphatic heterocycles. The number of rotatable bonds is 1. The van der Waals surface area contributed by atoms with Crippen molar-refractivity contribution in [3.05, 3.63) is 54.3 Å². The van der Waals surface area contributed by atoms with E-state index in [4.69, 9.17) is 5.73 Å². The van der Waals surface area contributed by atoms with Crippen molar-refractivity contribution >= 4 is 16.9 Å². The third kappa shape index (κ3) is 1.88. The van der Waals surface area contributed by atoms with E-state index in [0.717, 1.165) is 10.9 Å². The summed E-state index contributed by atoms with van der Waals surface area (Å²) in [5.41, 5.74) is 7.60. The topological polar surface area (TPSA) is 51.8 Å². The Morgan fingerprint density at radius 3 is 2.61 bits per heavy atom. The lowest BCUT2D eigenvalue weighted by Gasteiger charge is -2.03. The summed E-state index contributed by atoms with van der Waals surface area (Å²) < 4.78 is 13.2. The van der Waals surface area contributed by atoms with Crippen molar-refractivity contribution in [1.29, 1.82) is 0 Å². The minimum Gasteiger partial charge on any atom is -0.384 e. The van der Waals surface area contributed by atoms with Gasteiger partial charge in [-0.1, -0.05) is 12.1 Å². The molecule has 18 heavy (non-hydrogen) atoms. The predicted octanol–water partition coefficient (Wildman–Crippen LogP) is 3.02. The molecule has 2 aromatic heterocycles. The molecule has 0 atom stereocenters. The van der Waals surface area contributed by atoms with Crippen molar-refractivity contribution in [3.8, 4) is 11.3 Å². The molecule has 0 saturated heterocycles. The molecule has 0 unspecified atom stereocenters. The largest absolute Gasteiger partial charge is 0.384 e. The number of fused-ring (bicyclic) bond motifs is 1. The van der Waals surface area contributed by atoms with Gasteiger partial charge in [-0.2, -0.15) is 0 Å². The molecule has 0 amide bonds.